The van der Waals surface area contributed by atoms with Gasteiger partial charge in [0.1, 0.15) is 23.6 Å². The van der Waals surface area contributed by atoms with Crippen molar-refractivity contribution in [1.82, 2.24) is 19.6 Å². The lowest BCUT2D eigenvalue weighted by Gasteiger charge is -2.20. The molecule has 1 aromatic carbocycles. The number of hydrogen-bond donors (Lipinski definition) is 1. The Morgan fingerprint density at radius 2 is 1.79 bits per heavy atom. The molecular formula is C17H19N5O2. The molecule has 3 aromatic rings. The van der Waals surface area contributed by atoms with E-state index in [1.54, 1.807) is 18.7 Å². The summed E-state index contributed by atoms with van der Waals surface area (Å²) in [5.74, 6) is 3.00. The number of methoxy groups -OCH3 is 2. The van der Waals surface area contributed by atoms with Gasteiger partial charge in [0, 0.05) is 29.4 Å². The number of fused-ring (bicyclic) bond motifs is 2. The standard InChI is InChI=1S/C17H19N5O2/c1-23-12-7-11(8-13(9-12)24-2)20-16-14-5-3-4-6-15(14)21-17-18-10-19-22(16)17/h7-10,20H,3-6H2,1-2H3. The largest absolute Gasteiger partial charge is 0.497 e. The van der Waals surface area contributed by atoms with E-state index in [0.717, 1.165) is 54.4 Å². The molecular weight excluding hydrogens is 306 g/mol. The van der Waals surface area contributed by atoms with Crippen molar-refractivity contribution in [3.05, 3.63) is 35.8 Å². The van der Waals surface area contributed by atoms with Crippen molar-refractivity contribution in [2.75, 3.05) is 19.5 Å². The highest BCUT2D eigenvalue weighted by Crippen LogP contribution is 2.32. The molecule has 0 amide bonds. The maximum Gasteiger partial charge on any atom is 0.254 e. The monoisotopic (exact) mass is 325 g/mol. The predicted molar refractivity (Wildman–Crippen MR) is 90.3 cm³/mol. The minimum absolute atomic E-state index is 0.619. The number of hydrogen-bond acceptors (Lipinski definition) is 6. The number of nitrogens with one attached hydrogen (secondary N) is 1. The minimum atomic E-state index is 0.619. The normalized spacial score (nSPS) is 13.6. The summed E-state index contributed by atoms with van der Waals surface area (Å²) in [4.78, 5) is 8.89. The molecule has 0 radical (unpaired) electrons. The Balaban J connectivity index is 1.83. The fourth-order valence-electron chi connectivity index (χ4n) is 3.13. The minimum Gasteiger partial charge on any atom is -0.497 e. The number of rotatable bonds is 4. The van der Waals surface area contributed by atoms with Gasteiger partial charge in [0.15, 0.2) is 0 Å². The molecule has 0 saturated heterocycles. The lowest BCUT2D eigenvalue weighted by atomic mass is 9.96. The fourth-order valence-corrected chi connectivity index (χ4v) is 3.13. The third kappa shape index (κ3) is 2.51. The molecule has 2 heterocycles. The first-order chi connectivity index (χ1) is 11.8. The number of benzene rings is 1. The number of nitrogens with zero attached hydrogens (tertiary/aromatic N) is 4. The van der Waals surface area contributed by atoms with E-state index in [0.29, 0.717) is 5.78 Å². The Labute approximate surface area is 139 Å². The summed E-state index contributed by atoms with van der Waals surface area (Å²) in [6.07, 6.45) is 5.82. The molecule has 0 fully saturated rings. The predicted octanol–water partition coefficient (Wildman–Crippen LogP) is 2.76. The molecule has 0 unspecified atom stereocenters. The molecule has 0 saturated carbocycles. The van der Waals surface area contributed by atoms with Crippen molar-refractivity contribution in [3.8, 4) is 11.5 Å². The Morgan fingerprint density at radius 3 is 2.54 bits per heavy atom. The molecule has 1 aliphatic rings. The smallest absolute Gasteiger partial charge is 0.254 e. The average Bonchev–Trinajstić information content (AvgIpc) is 3.09. The molecule has 1 aliphatic carbocycles. The van der Waals surface area contributed by atoms with E-state index in [4.69, 9.17) is 9.47 Å². The molecule has 1 N–H and O–H groups in total. The number of anilines is 2. The van der Waals surface area contributed by atoms with Crippen LogP contribution in [-0.2, 0) is 12.8 Å². The van der Waals surface area contributed by atoms with Gasteiger partial charge >= 0.3 is 0 Å². The maximum absolute atomic E-state index is 5.35. The zero-order valence-electron chi connectivity index (χ0n) is 13.7. The Hall–Kier alpha value is -2.83. The van der Waals surface area contributed by atoms with Crippen LogP contribution in [0, 0.1) is 0 Å². The highest BCUT2D eigenvalue weighted by atomic mass is 16.5. The quantitative estimate of drug-likeness (QED) is 0.795. The van der Waals surface area contributed by atoms with E-state index >= 15 is 0 Å². The maximum atomic E-state index is 5.35. The second kappa shape index (κ2) is 5.99. The van der Waals surface area contributed by atoms with Gasteiger partial charge in [-0.3, -0.25) is 0 Å². The van der Waals surface area contributed by atoms with E-state index in [2.05, 4.69) is 20.4 Å². The van der Waals surface area contributed by atoms with Crippen LogP contribution < -0.4 is 14.8 Å². The van der Waals surface area contributed by atoms with Crippen molar-refractivity contribution in [3.63, 3.8) is 0 Å². The van der Waals surface area contributed by atoms with Crippen LogP contribution in [0.15, 0.2) is 24.5 Å². The summed E-state index contributed by atoms with van der Waals surface area (Å²) in [5.41, 5.74) is 3.20. The van der Waals surface area contributed by atoms with Gasteiger partial charge in [-0.1, -0.05) is 0 Å². The summed E-state index contributed by atoms with van der Waals surface area (Å²) < 4.78 is 12.5. The van der Waals surface area contributed by atoms with Crippen molar-refractivity contribution in [1.29, 1.82) is 0 Å². The van der Waals surface area contributed by atoms with Gasteiger partial charge in [-0.25, -0.2) is 4.98 Å². The summed E-state index contributed by atoms with van der Waals surface area (Å²) in [7, 11) is 3.28. The van der Waals surface area contributed by atoms with E-state index in [9.17, 15) is 0 Å². The summed E-state index contributed by atoms with van der Waals surface area (Å²) in [5, 5.41) is 7.80. The van der Waals surface area contributed by atoms with Crippen LogP contribution >= 0.6 is 0 Å². The molecule has 0 aliphatic heterocycles. The summed E-state index contributed by atoms with van der Waals surface area (Å²) >= 11 is 0. The zero-order chi connectivity index (χ0) is 16.5. The van der Waals surface area contributed by atoms with Gasteiger partial charge in [0.2, 0.25) is 0 Å². The zero-order valence-corrected chi connectivity index (χ0v) is 13.7. The Bertz CT molecular complexity index is 868. The third-order valence-corrected chi connectivity index (χ3v) is 4.32. The van der Waals surface area contributed by atoms with Gasteiger partial charge in [-0.15, -0.1) is 0 Å². The van der Waals surface area contributed by atoms with Gasteiger partial charge in [0.05, 0.1) is 19.9 Å². The molecule has 24 heavy (non-hydrogen) atoms. The first kappa shape index (κ1) is 14.7. The molecule has 4 rings (SSSR count). The fraction of sp³-hybridized carbons (Fsp3) is 0.353. The van der Waals surface area contributed by atoms with Crippen LogP contribution in [0.5, 0.6) is 11.5 Å². The topological polar surface area (TPSA) is 73.6 Å². The third-order valence-electron chi connectivity index (χ3n) is 4.32. The van der Waals surface area contributed by atoms with Crippen molar-refractivity contribution < 1.29 is 9.47 Å². The molecule has 2 aromatic heterocycles. The number of ether oxygens (including phenoxy) is 2. The second-order valence-corrected chi connectivity index (χ2v) is 5.79. The Morgan fingerprint density at radius 1 is 1.04 bits per heavy atom. The van der Waals surface area contributed by atoms with Crippen molar-refractivity contribution >= 4 is 17.3 Å². The second-order valence-electron chi connectivity index (χ2n) is 5.79. The molecule has 7 nitrogen and oxygen atoms in total. The van der Waals surface area contributed by atoms with Crippen LogP contribution in [0.25, 0.3) is 5.78 Å². The average molecular weight is 325 g/mol. The SMILES string of the molecule is COc1cc(Nc2c3c(nc4ncnn24)CCCC3)cc(OC)c1. The molecule has 124 valence electrons. The van der Waals surface area contributed by atoms with E-state index in [1.165, 1.54) is 11.9 Å². The Kier molecular flexibility index (Phi) is 3.68. The van der Waals surface area contributed by atoms with E-state index < -0.39 is 0 Å². The summed E-state index contributed by atoms with van der Waals surface area (Å²) in [6.45, 7) is 0. The highest BCUT2D eigenvalue weighted by molar-refractivity contribution is 5.66. The van der Waals surface area contributed by atoms with Crippen molar-refractivity contribution in [2.24, 2.45) is 0 Å². The van der Waals surface area contributed by atoms with E-state index in [-0.39, 0.29) is 0 Å². The first-order valence-corrected chi connectivity index (χ1v) is 8.00. The molecule has 0 spiro atoms. The molecule has 7 heteroatoms. The van der Waals surface area contributed by atoms with Gasteiger partial charge in [-0.2, -0.15) is 14.6 Å². The van der Waals surface area contributed by atoms with Gasteiger partial charge in [-0.05, 0) is 25.7 Å². The number of aryl methyl sites for hydroxylation is 1. The summed E-state index contributed by atoms with van der Waals surface area (Å²) in [6, 6.07) is 5.71. The van der Waals surface area contributed by atoms with Crippen LogP contribution in [-0.4, -0.2) is 33.8 Å². The molecule has 0 atom stereocenters. The lowest BCUT2D eigenvalue weighted by molar-refractivity contribution is 0.395. The van der Waals surface area contributed by atoms with E-state index in [1.807, 2.05) is 18.2 Å². The lowest BCUT2D eigenvalue weighted by Crippen LogP contribution is -2.13. The highest BCUT2D eigenvalue weighted by Gasteiger charge is 2.20. The van der Waals surface area contributed by atoms with Crippen LogP contribution in [0.3, 0.4) is 0 Å². The van der Waals surface area contributed by atoms with Crippen LogP contribution in [0.2, 0.25) is 0 Å². The van der Waals surface area contributed by atoms with Crippen LogP contribution in [0.1, 0.15) is 24.1 Å². The van der Waals surface area contributed by atoms with Crippen molar-refractivity contribution in [2.45, 2.75) is 25.7 Å². The van der Waals surface area contributed by atoms with Crippen LogP contribution in [0.4, 0.5) is 11.5 Å². The number of aromatic nitrogens is 4. The first-order valence-electron chi connectivity index (χ1n) is 8.00. The molecule has 0 bridgehead atoms. The van der Waals surface area contributed by atoms with Gasteiger partial charge in [0.25, 0.3) is 5.78 Å². The van der Waals surface area contributed by atoms with Gasteiger partial charge < -0.3 is 14.8 Å².